The molecule has 62 valence electrons. The molecule has 3 nitrogen and oxygen atoms in total. The zero-order valence-electron chi connectivity index (χ0n) is 7.39. The quantitative estimate of drug-likeness (QED) is 0.450. The molecule has 0 aliphatic heterocycles. The molecule has 0 unspecified atom stereocenters. The van der Waals surface area contributed by atoms with Crippen molar-refractivity contribution in [3.8, 4) is 0 Å². The normalized spacial score (nSPS) is 9.90. The molecular formula is C7H19N3. The van der Waals surface area contributed by atoms with E-state index in [1.54, 1.807) is 5.01 Å². The highest BCUT2D eigenvalue weighted by atomic mass is 15.4. The van der Waals surface area contributed by atoms with Crippen LogP contribution < -0.4 is 11.6 Å². The molecule has 0 aliphatic rings. The minimum absolute atomic E-state index is 0.791. The van der Waals surface area contributed by atoms with Crippen molar-refractivity contribution in [2.45, 2.75) is 27.7 Å². The number of hydrogen-bond acceptors (Lipinski definition) is 3. The summed E-state index contributed by atoms with van der Waals surface area (Å²) in [5, 5.41) is 1.58. The lowest BCUT2D eigenvalue weighted by Gasteiger charge is -2.14. The second kappa shape index (κ2) is 8.30. The summed E-state index contributed by atoms with van der Waals surface area (Å²) < 4.78 is 0. The lowest BCUT2D eigenvalue weighted by Crippen LogP contribution is -2.28. The average Bonchev–Trinajstić information content (AvgIpc) is 2.05. The van der Waals surface area contributed by atoms with Crippen LogP contribution in [0.3, 0.4) is 0 Å². The van der Waals surface area contributed by atoms with Gasteiger partial charge in [-0.15, -0.1) is 0 Å². The molecular weight excluding hydrogens is 126 g/mol. The van der Waals surface area contributed by atoms with E-state index in [0.717, 1.165) is 12.2 Å². The van der Waals surface area contributed by atoms with Crippen molar-refractivity contribution in [1.29, 1.82) is 0 Å². The summed E-state index contributed by atoms with van der Waals surface area (Å²) in [4.78, 5) is 0. The van der Waals surface area contributed by atoms with E-state index in [2.05, 4.69) is 0 Å². The zero-order chi connectivity index (χ0) is 8.57. The van der Waals surface area contributed by atoms with Crippen molar-refractivity contribution in [3.05, 3.63) is 11.9 Å². The first-order valence-corrected chi connectivity index (χ1v) is 3.63. The third-order valence-electron chi connectivity index (χ3n) is 1.03. The van der Waals surface area contributed by atoms with Crippen molar-refractivity contribution in [1.82, 2.24) is 5.01 Å². The summed E-state index contributed by atoms with van der Waals surface area (Å²) in [7, 11) is 0. The van der Waals surface area contributed by atoms with E-state index in [9.17, 15) is 0 Å². The number of nitrogens with zero attached hydrogens (tertiary/aromatic N) is 1. The highest BCUT2D eigenvalue weighted by molar-refractivity contribution is 4.90. The molecule has 0 aromatic heterocycles. The second-order valence-corrected chi connectivity index (χ2v) is 1.59. The SMILES string of the molecule is CC.CCN(N)/C(C)=C\N. The van der Waals surface area contributed by atoms with Crippen LogP contribution in [0.5, 0.6) is 0 Å². The summed E-state index contributed by atoms with van der Waals surface area (Å²) in [6, 6.07) is 0. The first-order chi connectivity index (χ1) is 4.72. The van der Waals surface area contributed by atoms with Crippen LogP contribution in [-0.4, -0.2) is 11.6 Å². The standard InChI is InChI=1S/C5H13N3.C2H6/c1-3-8(7)5(2)4-6;1-2/h4H,3,6-7H2,1-2H3;1-2H3/b5-4-;. The van der Waals surface area contributed by atoms with Gasteiger partial charge in [0.05, 0.1) is 0 Å². The predicted octanol–water partition coefficient (Wildman–Crippen LogP) is 1.03. The fourth-order valence-electron chi connectivity index (χ4n) is 0.345. The summed E-state index contributed by atoms with van der Waals surface area (Å²) in [5.74, 6) is 5.41. The third-order valence-corrected chi connectivity index (χ3v) is 1.03. The Kier molecular flexibility index (Phi) is 9.98. The van der Waals surface area contributed by atoms with Gasteiger partial charge in [0.2, 0.25) is 0 Å². The number of hydrogen-bond donors (Lipinski definition) is 2. The molecule has 3 heteroatoms. The van der Waals surface area contributed by atoms with Crippen LogP contribution in [0.1, 0.15) is 27.7 Å². The van der Waals surface area contributed by atoms with Crippen molar-refractivity contribution in [2.75, 3.05) is 6.54 Å². The maximum atomic E-state index is 5.41. The van der Waals surface area contributed by atoms with Crippen molar-refractivity contribution in [2.24, 2.45) is 11.6 Å². The Labute approximate surface area is 63.7 Å². The topological polar surface area (TPSA) is 55.3 Å². The van der Waals surface area contributed by atoms with E-state index < -0.39 is 0 Å². The van der Waals surface area contributed by atoms with Crippen LogP contribution in [0.2, 0.25) is 0 Å². The van der Waals surface area contributed by atoms with Crippen LogP contribution in [0.4, 0.5) is 0 Å². The van der Waals surface area contributed by atoms with Gasteiger partial charge < -0.3 is 10.7 Å². The first-order valence-electron chi connectivity index (χ1n) is 3.63. The van der Waals surface area contributed by atoms with Crippen molar-refractivity contribution < 1.29 is 0 Å². The Morgan fingerprint density at radius 2 is 1.90 bits per heavy atom. The number of nitrogens with two attached hydrogens (primary N) is 2. The first kappa shape index (κ1) is 12.0. The van der Waals surface area contributed by atoms with Gasteiger partial charge in [0.1, 0.15) is 0 Å². The molecule has 0 aromatic rings. The number of allylic oxidation sites excluding steroid dienone is 1. The summed E-state index contributed by atoms with van der Waals surface area (Å²) in [5.41, 5.74) is 6.06. The molecule has 4 N–H and O–H groups in total. The molecule has 0 amide bonds. The van der Waals surface area contributed by atoms with Gasteiger partial charge in [0.25, 0.3) is 0 Å². The largest absolute Gasteiger partial charge is 0.403 e. The fourth-order valence-corrected chi connectivity index (χ4v) is 0.345. The molecule has 0 rings (SSSR count). The van der Waals surface area contributed by atoms with Gasteiger partial charge in [-0.05, 0) is 13.8 Å². The molecule has 0 bridgehead atoms. The van der Waals surface area contributed by atoms with Gasteiger partial charge in [0, 0.05) is 18.4 Å². The lowest BCUT2D eigenvalue weighted by molar-refractivity contribution is 0.379. The van der Waals surface area contributed by atoms with Gasteiger partial charge in [-0.3, -0.25) is 0 Å². The smallest absolute Gasteiger partial charge is 0.0414 e. The number of rotatable bonds is 2. The third kappa shape index (κ3) is 5.44. The van der Waals surface area contributed by atoms with Crippen LogP contribution in [-0.2, 0) is 0 Å². The van der Waals surface area contributed by atoms with Gasteiger partial charge in [0.15, 0.2) is 0 Å². The second-order valence-electron chi connectivity index (χ2n) is 1.59. The minimum atomic E-state index is 0.791. The molecule has 0 saturated heterocycles. The summed E-state index contributed by atoms with van der Waals surface area (Å²) >= 11 is 0. The molecule has 0 atom stereocenters. The Morgan fingerprint density at radius 3 is 2.00 bits per heavy atom. The Balaban J connectivity index is 0. The summed E-state index contributed by atoms with van der Waals surface area (Å²) in [6.07, 6.45) is 1.49. The van der Waals surface area contributed by atoms with Gasteiger partial charge >= 0.3 is 0 Å². The maximum Gasteiger partial charge on any atom is 0.0414 e. The van der Waals surface area contributed by atoms with Crippen molar-refractivity contribution >= 4 is 0 Å². The number of hydrazine groups is 1. The van der Waals surface area contributed by atoms with E-state index in [1.165, 1.54) is 6.20 Å². The van der Waals surface area contributed by atoms with Crippen molar-refractivity contribution in [3.63, 3.8) is 0 Å². The van der Waals surface area contributed by atoms with Crippen LogP contribution >= 0.6 is 0 Å². The van der Waals surface area contributed by atoms with E-state index >= 15 is 0 Å². The molecule has 10 heavy (non-hydrogen) atoms. The van der Waals surface area contributed by atoms with E-state index in [0.29, 0.717) is 0 Å². The molecule has 0 saturated carbocycles. The predicted molar refractivity (Wildman–Crippen MR) is 45.9 cm³/mol. The van der Waals surface area contributed by atoms with Crippen LogP contribution in [0.15, 0.2) is 11.9 Å². The average molecular weight is 145 g/mol. The fraction of sp³-hybridized carbons (Fsp3) is 0.714. The molecule has 0 aliphatic carbocycles. The van der Waals surface area contributed by atoms with E-state index in [1.807, 2.05) is 27.7 Å². The molecule has 0 radical (unpaired) electrons. The highest BCUT2D eigenvalue weighted by Crippen LogP contribution is 1.90. The maximum absolute atomic E-state index is 5.41. The lowest BCUT2D eigenvalue weighted by atomic mass is 10.5. The molecule has 0 fully saturated rings. The molecule has 0 aromatic carbocycles. The molecule has 0 heterocycles. The minimum Gasteiger partial charge on any atom is -0.403 e. The molecule has 0 spiro atoms. The van der Waals surface area contributed by atoms with Gasteiger partial charge in [-0.1, -0.05) is 13.8 Å². The van der Waals surface area contributed by atoms with E-state index in [4.69, 9.17) is 11.6 Å². The van der Waals surface area contributed by atoms with Gasteiger partial charge in [-0.2, -0.15) is 0 Å². The van der Waals surface area contributed by atoms with Crippen LogP contribution in [0, 0.1) is 0 Å². The zero-order valence-corrected chi connectivity index (χ0v) is 7.39. The Bertz CT molecular complexity index is 88.9. The monoisotopic (exact) mass is 145 g/mol. The van der Waals surface area contributed by atoms with E-state index in [-0.39, 0.29) is 0 Å². The van der Waals surface area contributed by atoms with Gasteiger partial charge in [-0.25, -0.2) is 5.84 Å². The Hall–Kier alpha value is -0.700. The summed E-state index contributed by atoms with van der Waals surface area (Å²) in [6.45, 7) is 8.62. The highest BCUT2D eigenvalue weighted by Gasteiger charge is 1.90. The Morgan fingerprint density at radius 1 is 1.50 bits per heavy atom. The van der Waals surface area contributed by atoms with Crippen LogP contribution in [0.25, 0.3) is 0 Å².